The number of rotatable bonds is 5. The van der Waals surface area contributed by atoms with Crippen molar-refractivity contribution in [3.05, 3.63) is 29.8 Å². The van der Waals surface area contributed by atoms with Crippen LogP contribution in [0.3, 0.4) is 0 Å². The summed E-state index contributed by atoms with van der Waals surface area (Å²) in [5.74, 6) is 1.51. The summed E-state index contributed by atoms with van der Waals surface area (Å²) in [7, 11) is 0. The zero-order chi connectivity index (χ0) is 15.4. The van der Waals surface area contributed by atoms with E-state index in [1.54, 1.807) is 0 Å². The number of ether oxygens (including phenoxy) is 1. The Morgan fingerprint density at radius 2 is 1.91 bits per heavy atom. The van der Waals surface area contributed by atoms with Crippen molar-refractivity contribution in [3.63, 3.8) is 0 Å². The number of likely N-dealkylation sites (tertiary alicyclic amines) is 1. The molecule has 0 bridgehead atoms. The summed E-state index contributed by atoms with van der Waals surface area (Å²) in [5, 5.41) is 9.69. The Morgan fingerprint density at radius 1 is 1.18 bits per heavy atom. The van der Waals surface area contributed by atoms with Gasteiger partial charge in [-0.25, -0.2) is 0 Å². The van der Waals surface area contributed by atoms with E-state index in [0.717, 1.165) is 38.2 Å². The number of piperidine rings is 1. The van der Waals surface area contributed by atoms with Gasteiger partial charge in [-0.2, -0.15) is 0 Å². The van der Waals surface area contributed by atoms with Crippen LogP contribution in [0.2, 0.25) is 0 Å². The van der Waals surface area contributed by atoms with Crippen LogP contribution in [0.15, 0.2) is 24.3 Å². The van der Waals surface area contributed by atoms with Gasteiger partial charge in [0.25, 0.3) is 0 Å². The van der Waals surface area contributed by atoms with Crippen molar-refractivity contribution in [1.82, 2.24) is 4.90 Å². The molecule has 3 nitrogen and oxygen atoms in total. The van der Waals surface area contributed by atoms with Crippen LogP contribution in [-0.2, 0) is 6.54 Å². The molecule has 1 aromatic rings. The van der Waals surface area contributed by atoms with Gasteiger partial charge in [-0.3, -0.25) is 4.90 Å². The Bertz CT molecular complexity index is 460. The molecule has 2 fully saturated rings. The van der Waals surface area contributed by atoms with Gasteiger partial charge in [-0.15, -0.1) is 0 Å². The van der Waals surface area contributed by atoms with Gasteiger partial charge >= 0.3 is 0 Å². The summed E-state index contributed by atoms with van der Waals surface area (Å²) >= 11 is 0. The van der Waals surface area contributed by atoms with E-state index in [2.05, 4.69) is 29.2 Å². The number of hydrogen-bond donors (Lipinski definition) is 1. The molecule has 1 unspecified atom stereocenters. The standard InChI is InChI=1S/C19H29NO2/c1-15(21)17-9-11-20(12-10-17)14-16-5-4-8-19(13-16)22-18-6-2-3-7-18/h4-5,8,13,15,17-18,21H,2-3,6-7,9-12,14H2,1H3. The summed E-state index contributed by atoms with van der Waals surface area (Å²) in [5.41, 5.74) is 1.34. The highest BCUT2D eigenvalue weighted by molar-refractivity contribution is 5.28. The van der Waals surface area contributed by atoms with Crippen molar-refractivity contribution in [3.8, 4) is 5.75 Å². The minimum atomic E-state index is -0.162. The van der Waals surface area contributed by atoms with Crippen molar-refractivity contribution >= 4 is 0 Å². The average Bonchev–Trinajstić information content (AvgIpc) is 3.01. The van der Waals surface area contributed by atoms with Crippen LogP contribution >= 0.6 is 0 Å². The minimum absolute atomic E-state index is 0.162. The van der Waals surface area contributed by atoms with Crippen LogP contribution < -0.4 is 4.74 Å². The first-order chi connectivity index (χ1) is 10.7. The fourth-order valence-electron chi connectivity index (χ4n) is 3.77. The van der Waals surface area contributed by atoms with E-state index in [1.165, 1.54) is 31.2 Å². The molecule has 122 valence electrons. The van der Waals surface area contributed by atoms with E-state index in [4.69, 9.17) is 4.74 Å². The molecule has 2 aliphatic rings. The monoisotopic (exact) mass is 303 g/mol. The Labute approximate surface area is 134 Å². The van der Waals surface area contributed by atoms with Crippen molar-refractivity contribution < 1.29 is 9.84 Å². The van der Waals surface area contributed by atoms with E-state index in [9.17, 15) is 5.11 Å². The summed E-state index contributed by atoms with van der Waals surface area (Å²) in [6.07, 6.45) is 7.51. The van der Waals surface area contributed by atoms with Gasteiger partial charge in [0.15, 0.2) is 0 Å². The van der Waals surface area contributed by atoms with Crippen molar-refractivity contribution in [2.24, 2.45) is 5.92 Å². The van der Waals surface area contributed by atoms with Crippen molar-refractivity contribution in [1.29, 1.82) is 0 Å². The average molecular weight is 303 g/mol. The second kappa shape index (κ2) is 7.47. The van der Waals surface area contributed by atoms with Crippen molar-refractivity contribution in [2.45, 2.75) is 64.2 Å². The summed E-state index contributed by atoms with van der Waals surface area (Å²) in [6.45, 7) is 5.09. The van der Waals surface area contributed by atoms with Crippen molar-refractivity contribution in [2.75, 3.05) is 13.1 Å². The molecule has 1 aliphatic heterocycles. The molecular formula is C19H29NO2. The molecule has 0 spiro atoms. The molecule has 1 heterocycles. The van der Waals surface area contributed by atoms with Crippen LogP contribution in [0.1, 0.15) is 51.0 Å². The number of benzene rings is 1. The highest BCUT2D eigenvalue weighted by atomic mass is 16.5. The Balaban J connectivity index is 1.52. The topological polar surface area (TPSA) is 32.7 Å². The molecular weight excluding hydrogens is 274 g/mol. The van der Waals surface area contributed by atoms with E-state index >= 15 is 0 Å². The lowest BCUT2D eigenvalue weighted by Crippen LogP contribution is -2.36. The summed E-state index contributed by atoms with van der Waals surface area (Å²) < 4.78 is 6.10. The maximum atomic E-state index is 9.69. The zero-order valence-corrected chi connectivity index (χ0v) is 13.7. The predicted octanol–water partition coefficient (Wildman–Crippen LogP) is 3.60. The molecule has 0 radical (unpaired) electrons. The van der Waals surface area contributed by atoms with Gasteiger partial charge in [0.05, 0.1) is 12.2 Å². The number of aliphatic hydroxyl groups excluding tert-OH is 1. The fourth-order valence-corrected chi connectivity index (χ4v) is 3.77. The summed E-state index contributed by atoms with van der Waals surface area (Å²) in [4.78, 5) is 2.49. The lowest BCUT2D eigenvalue weighted by Gasteiger charge is -2.33. The molecule has 3 rings (SSSR count). The second-order valence-corrected chi connectivity index (χ2v) is 7.03. The number of hydrogen-bond acceptors (Lipinski definition) is 3. The second-order valence-electron chi connectivity index (χ2n) is 7.03. The fraction of sp³-hybridized carbons (Fsp3) is 0.684. The van der Waals surface area contributed by atoms with Gasteiger partial charge in [-0.05, 0) is 82.2 Å². The third kappa shape index (κ3) is 4.23. The maximum Gasteiger partial charge on any atom is 0.120 e. The molecule has 0 aromatic heterocycles. The highest BCUT2D eigenvalue weighted by Crippen LogP contribution is 2.26. The first-order valence-corrected chi connectivity index (χ1v) is 8.87. The normalized spacial score (nSPS) is 22.8. The lowest BCUT2D eigenvalue weighted by molar-refractivity contribution is 0.0695. The molecule has 0 amide bonds. The van der Waals surface area contributed by atoms with Gasteiger partial charge in [0.2, 0.25) is 0 Å². The molecule has 1 atom stereocenters. The molecule has 1 aromatic carbocycles. The predicted molar refractivity (Wildman–Crippen MR) is 89.0 cm³/mol. The third-order valence-electron chi connectivity index (χ3n) is 5.22. The first-order valence-electron chi connectivity index (χ1n) is 8.87. The van der Waals surface area contributed by atoms with Gasteiger partial charge in [-0.1, -0.05) is 12.1 Å². The molecule has 3 heteroatoms. The summed E-state index contributed by atoms with van der Waals surface area (Å²) in [6, 6.07) is 8.60. The number of nitrogens with zero attached hydrogens (tertiary/aromatic N) is 1. The molecule has 22 heavy (non-hydrogen) atoms. The Morgan fingerprint density at radius 3 is 2.59 bits per heavy atom. The van der Waals surface area contributed by atoms with Crippen LogP contribution in [0, 0.1) is 5.92 Å². The maximum absolute atomic E-state index is 9.69. The van der Waals surface area contributed by atoms with E-state index in [-0.39, 0.29) is 6.10 Å². The lowest BCUT2D eigenvalue weighted by atomic mass is 9.92. The van der Waals surface area contributed by atoms with Crippen LogP contribution in [0.5, 0.6) is 5.75 Å². The van der Waals surface area contributed by atoms with Crippen LogP contribution in [-0.4, -0.2) is 35.3 Å². The largest absolute Gasteiger partial charge is 0.490 e. The smallest absolute Gasteiger partial charge is 0.120 e. The minimum Gasteiger partial charge on any atom is -0.490 e. The van der Waals surface area contributed by atoms with E-state index in [0.29, 0.717) is 12.0 Å². The quantitative estimate of drug-likeness (QED) is 0.902. The van der Waals surface area contributed by atoms with Gasteiger partial charge in [0.1, 0.15) is 5.75 Å². The molecule has 1 saturated heterocycles. The highest BCUT2D eigenvalue weighted by Gasteiger charge is 2.22. The van der Waals surface area contributed by atoms with Gasteiger partial charge < -0.3 is 9.84 Å². The first kappa shape index (κ1) is 15.8. The zero-order valence-electron chi connectivity index (χ0n) is 13.7. The molecule has 1 N–H and O–H groups in total. The van der Waals surface area contributed by atoms with Crippen LogP contribution in [0.25, 0.3) is 0 Å². The van der Waals surface area contributed by atoms with Gasteiger partial charge in [0, 0.05) is 6.54 Å². The Hall–Kier alpha value is -1.06. The van der Waals surface area contributed by atoms with Crippen LogP contribution in [0.4, 0.5) is 0 Å². The third-order valence-corrected chi connectivity index (χ3v) is 5.22. The Kier molecular flexibility index (Phi) is 5.37. The molecule has 1 aliphatic carbocycles. The number of aliphatic hydroxyl groups is 1. The van der Waals surface area contributed by atoms with E-state index in [1.807, 2.05) is 6.92 Å². The molecule has 1 saturated carbocycles. The van der Waals surface area contributed by atoms with E-state index < -0.39 is 0 Å². The SMILES string of the molecule is CC(O)C1CCN(Cc2cccc(OC3CCCC3)c2)CC1.